The SMILES string of the molecule is CCCCCc1cc2c(c(F)c1F)-c1c-2ccc(-c2ccc(-c3ccc(CCC)cc3)c(F)c2F)c1F. The summed E-state index contributed by atoms with van der Waals surface area (Å²) < 4.78 is 75.7. The van der Waals surface area contributed by atoms with Crippen LogP contribution in [0.5, 0.6) is 0 Å². The molecule has 4 aromatic carbocycles. The predicted octanol–water partition coefficient (Wildman–Crippen LogP) is 10.0. The minimum atomic E-state index is -1.19. The van der Waals surface area contributed by atoms with Crippen LogP contribution in [0.25, 0.3) is 44.5 Å². The summed E-state index contributed by atoms with van der Waals surface area (Å²) >= 11 is 0. The summed E-state index contributed by atoms with van der Waals surface area (Å²) in [4.78, 5) is 0. The fourth-order valence-electron chi connectivity index (χ4n) is 5.19. The van der Waals surface area contributed by atoms with Crippen LogP contribution >= 0.6 is 0 Å². The largest absolute Gasteiger partial charge is 0.206 e. The molecule has 0 bridgehead atoms. The van der Waals surface area contributed by atoms with Gasteiger partial charge in [-0.15, -0.1) is 0 Å². The molecular weight excluding hydrogens is 479 g/mol. The van der Waals surface area contributed by atoms with Crippen LogP contribution in [0.3, 0.4) is 0 Å². The van der Waals surface area contributed by atoms with Crippen LogP contribution in [-0.4, -0.2) is 0 Å². The Morgan fingerprint density at radius 3 is 1.76 bits per heavy atom. The van der Waals surface area contributed by atoms with Crippen molar-refractivity contribution in [2.24, 2.45) is 0 Å². The average molecular weight is 507 g/mol. The lowest BCUT2D eigenvalue weighted by molar-refractivity contribution is 0.497. The average Bonchev–Trinajstić information content (AvgIpc) is 2.88. The number of aryl methyl sites for hydroxylation is 2. The molecule has 0 nitrogen and oxygen atoms in total. The van der Waals surface area contributed by atoms with Crippen molar-refractivity contribution < 1.29 is 22.0 Å². The summed E-state index contributed by atoms with van der Waals surface area (Å²) in [5, 5.41) is 0. The highest BCUT2D eigenvalue weighted by Gasteiger charge is 2.34. The first-order valence-electron chi connectivity index (χ1n) is 12.8. The summed E-state index contributed by atoms with van der Waals surface area (Å²) in [5.74, 6) is -5.24. The molecule has 1 aliphatic rings. The van der Waals surface area contributed by atoms with Gasteiger partial charge in [0.15, 0.2) is 23.3 Å². The van der Waals surface area contributed by atoms with Crippen molar-refractivity contribution in [2.75, 3.05) is 0 Å². The third-order valence-electron chi connectivity index (χ3n) is 7.19. The Bertz CT molecular complexity index is 1490. The first-order valence-corrected chi connectivity index (χ1v) is 12.8. The van der Waals surface area contributed by atoms with Gasteiger partial charge in [0.2, 0.25) is 0 Å². The Labute approximate surface area is 213 Å². The van der Waals surface area contributed by atoms with Gasteiger partial charge in [-0.1, -0.05) is 81.6 Å². The number of unbranched alkanes of at least 4 members (excludes halogenated alkanes) is 2. The highest BCUT2D eigenvalue weighted by Crippen LogP contribution is 2.53. The fraction of sp³-hybridized carbons (Fsp3) is 0.250. The van der Waals surface area contributed by atoms with Gasteiger partial charge in [-0.25, -0.2) is 22.0 Å². The fourth-order valence-corrected chi connectivity index (χ4v) is 5.19. The number of halogens is 5. The molecule has 0 amide bonds. The van der Waals surface area contributed by atoms with Crippen LogP contribution in [0.4, 0.5) is 22.0 Å². The molecule has 0 fully saturated rings. The van der Waals surface area contributed by atoms with Gasteiger partial charge in [-0.2, -0.15) is 0 Å². The van der Waals surface area contributed by atoms with Gasteiger partial charge >= 0.3 is 0 Å². The number of benzene rings is 4. The molecule has 0 atom stereocenters. The van der Waals surface area contributed by atoms with Crippen LogP contribution < -0.4 is 0 Å². The van der Waals surface area contributed by atoms with E-state index in [2.05, 4.69) is 6.92 Å². The van der Waals surface area contributed by atoms with Crippen LogP contribution in [0, 0.1) is 29.1 Å². The molecule has 0 saturated heterocycles. The number of hydrogen-bond acceptors (Lipinski definition) is 0. The summed E-state index contributed by atoms with van der Waals surface area (Å²) in [5.41, 5.74) is 2.14. The van der Waals surface area contributed by atoms with Crippen molar-refractivity contribution in [3.63, 3.8) is 0 Å². The Morgan fingerprint density at radius 2 is 1.08 bits per heavy atom. The van der Waals surface area contributed by atoms with E-state index in [-0.39, 0.29) is 33.4 Å². The standard InChI is InChI=1S/C32H27F5/c1-3-5-6-8-20-17-25-22-14-16-23(29(34)26(22)27(25)32(37)28(20)33)24-15-13-21(30(35)31(24)36)19-11-9-18(7-4-2)10-12-19/h9-17H,3-8H2,1-2H3. The second kappa shape index (κ2) is 10.1. The van der Waals surface area contributed by atoms with Gasteiger partial charge in [0.05, 0.1) is 0 Å². The third kappa shape index (κ3) is 4.24. The maximum atomic E-state index is 15.6. The molecule has 0 saturated carbocycles. The monoisotopic (exact) mass is 506 g/mol. The molecule has 0 heterocycles. The minimum absolute atomic E-state index is 0.0720. The predicted molar refractivity (Wildman–Crippen MR) is 139 cm³/mol. The summed E-state index contributed by atoms with van der Waals surface area (Å²) in [6.07, 6.45) is 4.85. The molecule has 0 aliphatic heterocycles. The normalized spacial score (nSPS) is 11.8. The van der Waals surface area contributed by atoms with Gasteiger partial charge in [-0.3, -0.25) is 0 Å². The molecule has 0 unspecified atom stereocenters. The van der Waals surface area contributed by atoms with Gasteiger partial charge in [0.1, 0.15) is 5.82 Å². The molecule has 190 valence electrons. The topological polar surface area (TPSA) is 0 Å². The minimum Gasteiger partial charge on any atom is -0.206 e. The van der Waals surface area contributed by atoms with E-state index in [9.17, 15) is 8.78 Å². The molecule has 37 heavy (non-hydrogen) atoms. The molecule has 4 aromatic rings. The molecule has 0 radical (unpaired) electrons. The molecule has 1 aliphatic carbocycles. The van der Waals surface area contributed by atoms with Crippen molar-refractivity contribution in [3.05, 3.63) is 94.8 Å². The van der Waals surface area contributed by atoms with E-state index in [1.54, 1.807) is 24.3 Å². The maximum Gasteiger partial charge on any atom is 0.167 e. The zero-order chi connectivity index (χ0) is 26.3. The van der Waals surface area contributed by atoms with Crippen LogP contribution in [-0.2, 0) is 12.8 Å². The van der Waals surface area contributed by atoms with E-state index in [1.165, 1.54) is 18.2 Å². The summed E-state index contributed by atoms with van der Waals surface area (Å²) in [6.45, 7) is 4.09. The Morgan fingerprint density at radius 1 is 0.486 bits per heavy atom. The van der Waals surface area contributed by atoms with Gasteiger partial charge in [0.25, 0.3) is 0 Å². The lowest BCUT2D eigenvalue weighted by Crippen LogP contribution is -2.10. The van der Waals surface area contributed by atoms with E-state index >= 15 is 13.2 Å². The molecule has 0 spiro atoms. The molecule has 0 aromatic heterocycles. The lowest BCUT2D eigenvalue weighted by atomic mass is 9.77. The van der Waals surface area contributed by atoms with Crippen LogP contribution in [0.2, 0.25) is 0 Å². The summed E-state index contributed by atoms with van der Waals surface area (Å²) in [6, 6.07) is 14.5. The van der Waals surface area contributed by atoms with Crippen LogP contribution in [0.1, 0.15) is 50.7 Å². The zero-order valence-corrected chi connectivity index (χ0v) is 20.8. The Balaban J connectivity index is 1.51. The lowest BCUT2D eigenvalue weighted by Gasteiger charge is -2.27. The van der Waals surface area contributed by atoms with Crippen LogP contribution in [0.15, 0.2) is 54.6 Å². The second-order valence-corrected chi connectivity index (χ2v) is 9.63. The van der Waals surface area contributed by atoms with E-state index in [0.717, 1.165) is 37.7 Å². The quantitative estimate of drug-likeness (QED) is 0.145. The first-order chi connectivity index (χ1) is 17.9. The highest BCUT2D eigenvalue weighted by atomic mass is 19.2. The molecule has 0 N–H and O–H groups in total. The van der Waals surface area contributed by atoms with Gasteiger partial charge in [0, 0.05) is 27.8 Å². The number of hydrogen-bond donors (Lipinski definition) is 0. The molecular formula is C32H27F5. The second-order valence-electron chi connectivity index (χ2n) is 9.63. The maximum absolute atomic E-state index is 15.6. The Kier molecular flexibility index (Phi) is 6.89. The van der Waals surface area contributed by atoms with Gasteiger partial charge < -0.3 is 0 Å². The number of fused-ring (bicyclic) bond motifs is 4. The summed E-state index contributed by atoms with van der Waals surface area (Å²) in [7, 11) is 0. The van der Waals surface area contributed by atoms with Crippen molar-refractivity contribution >= 4 is 0 Å². The van der Waals surface area contributed by atoms with Crippen molar-refractivity contribution in [1.82, 2.24) is 0 Å². The third-order valence-corrected chi connectivity index (χ3v) is 7.19. The first kappa shape index (κ1) is 25.2. The highest BCUT2D eigenvalue weighted by molar-refractivity contribution is 6.04. The molecule has 5 rings (SSSR count). The van der Waals surface area contributed by atoms with Crippen molar-refractivity contribution in [1.29, 1.82) is 0 Å². The number of rotatable bonds is 8. The Hall–Kier alpha value is -3.47. The smallest absolute Gasteiger partial charge is 0.167 e. The zero-order valence-electron chi connectivity index (χ0n) is 20.8. The van der Waals surface area contributed by atoms with E-state index < -0.39 is 29.1 Å². The molecule has 5 heteroatoms. The van der Waals surface area contributed by atoms with E-state index in [1.807, 2.05) is 19.1 Å². The van der Waals surface area contributed by atoms with Crippen molar-refractivity contribution in [2.45, 2.75) is 52.4 Å². The van der Waals surface area contributed by atoms with E-state index in [0.29, 0.717) is 23.1 Å². The van der Waals surface area contributed by atoms with E-state index in [4.69, 9.17) is 0 Å². The van der Waals surface area contributed by atoms with Gasteiger partial charge in [-0.05, 0) is 53.1 Å². The van der Waals surface area contributed by atoms with Crippen molar-refractivity contribution in [3.8, 4) is 44.5 Å².